The van der Waals surface area contributed by atoms with E-state index in [0.717, 1.165) is 36.5 Å². The molecule has 0 fully saturated rings. The van der Waals surface area contributed by atoms with E-state index in [-0.39, 0.29) is 0 Å². The Kier molecular flexibility index (Phi) is 7.84. The lowest BCUT2D eigenvalue weighted by Crippen LogP contribution is -2.28. The van der Waals surface area contributed by atoms with Crippen molar-refractivity contribution in [3.05, 3.63) is 73.1 Å². The maximum atomic E-state index is 12.1. The monoisotopic (exact) mass is 458 g/mol. The van der Waals surface area contributed by atoms with Crippen molar-refractivity contribution in [2.75, 3.05) is 13.1 Å². The van der Waals surface area contributed by atoms with Crippen LogP contribution in [0, 0.1) is 0 Å². The fourth-order valence-corrected chi connectivity index (χ4v) is 3.57. The van der Waals surface area contributed by atoms with Crippen LogP contribution in [0.5, 0.6) is 11.5 Å². The van der Waals surface area contributed by atoms with Gasteiger partial charge in [-0.25, -0.2) is 9.59 Å². The summed E-state index contributed by atoms with van der Waals surface area (Å²) < 4.78 is 10.8. The molecule has 0 saturated carbocycles. The van der Waals surface area contributed by atoms with E-state index in [0.29, 0.717) is 35.6 Å². The number of benzene rings is 2. The highest BCUT2D eigenvalue weighted by Crippen LogP contribution is 2.23. The summed E-state index contributed by atoms with van der Waals surface area (Å²) in [4.78, 5) is 32.7. The van der Waals surface area contributed by atoms with Crippen LogP contribution in [0.25, 0.3) is 21.8 Å². The van der Waals surface area contributed by atoms with Gasteiger partial charge in [0.25, 0.3) is 0 Å². The number of hydrogen-bond donors (Lipinski definition) is 2. The van der Waals surface area contributed by atoms with Gasteiger partial charge in [0.05, 0.1) is 0 Å². The standard InChI is InChI=1S/C26H26N4O4/c31-25(33-21-13-5-9-19-11-7-17-27-23(19)21)29-15-3-1-2-4-16-30-26(32)34-22-14-6-10-20-12-8-18-28-24(20)22/h5-14,17-18H,1-4,15-16H2,(H,29,31)(H,30,32). The minimum atomic E-state index is -0.495. The van der Waals surface area contributed by atoms with Crippen LogP contribution >= 0.6 is 0 Å². The van der Waals surface area contributed by atoms with E-state index in [9.17, 15) is 9.59 Å². The first kappa shape index (κ1) is 23.0. The minimum Gasteiger partial charge on any atom is -0.408 e. The average Bonchev–Trinajstić information content (AvgIpc) is 2.86. The Morgan fingerprint density at radius 2 is 1.06 bits per heavy atom. The van der Waals surface area contributed by atoms with Crippen LogP contribution in [-0.2, 0) is 0 Å². The SMILES string of the molecule is O=C(NCCCCCCNC(=O)Oc1cccc2cccnc12)Oc1cccc2cccnc12. The topological polar surface area (TPSA) is 102 Å². The van der Waals surface area contributed by atoms with Gasteiger partial charge in [0.1, 0.15) is 11.0 Å². The summed E-state index contributed by atoms with van der Waals surface area (Å²) in [5, 5.41) is 7.36. The summed E-state index contributed by atoms with van der Waals surface area (Å²) in [6.07, 6.45) is 5.81. The molecule has 4 rings (SSSR count). The van der Waals surface area contributed by atoms with Gasteiger partial charge in [0.15, 0.2) is 11.5 Å². The van der Waals surface area contributed by atoms with Crippen LogP contribution < -0.4 is 20.1 Å². The zero-order chi connectivity index (χ0) is 23.6. The molecule has 0 aliphatic heterocycles. The number of pyridine rings is 2. The van der Waals surface area contributed by atoms with Crippen LogP contribution in [0.4, 0.5) is 9.59 Å². The second-order valence-corrected chi connectivity index (χ2v) is 7.71. The highest BCUT2D eigenvalue weighted by molar-refractivity contribution is 5.87. The Morgan fingerprint density at radius 3 is 1.53 bits per heavy atom. The number of fused-ring (bicyclic) bond motifs is 2. The third-order valence-corrected chi connectivity index (χ3v) is 5.24. The van der Waals surface area contributed by atoms with Crippen molar-refractivity contribution in [1.29, 1.82) is 0 Å². The Labute approximate surface area is 197 Å². The molecule has 0 unspecified atom stereocenters. The van der Waals surface area contributed by atoms with E-state index in [1.54, 1.807) is 24.5 Å². The molecule has 2 N–H and O–H groups in total. The number of para-hydroxylation sites is 2. The molecule has 8 nitrogen and oxygen atoms in total. The van der Waals surface area contributed by atoms with Gasteiger partial charge in [0, 0.05) is 36.3 Å². The largest absolute Gasteiger partial charge is 0.412 e. The number of rotatable bonds is 9. The summed E-state index contributed by atoms with van der Waals surface area (Å²) in [6.45, 7) is 1.03. The van der Waals surface area contributed by atoms with Crippen LogP contribution in [-0.4, -0.2) is 35.2 Å². The Bertz CT molecular complexity index is 1170. The van der Waals surface area contributed by atoms with E-state index < -0.39 is 12.2 Å². The second kappa shape index (κ2) is 11.6. The molecule has 0 saturated heterocycles. The number of carbonyl (C=O) groups excluding carboxylic acids is 2. The highest BCUT2D eigenvalue weighted by Gasteiger charge is 2.09. The van der Waals surface area contributed by atoms with Crippen LogP contribution in [0.2, 0.25) is 0 Å². The fourth-order valence-electron chi connectivity index (χ4n) is 3.57. The summed E-state index contributed by atoms with van der Waals surface area (Å²) >= 11 is 0. The molecule has 0 bridgehead atoms. The number of ether oxygens (including phenoxy) is 2. The van der Waals surface area contributed by atoms with E-state index in [4.69, 9.17) is 9.47 Å². The number of carbonyl (C=O) groups is 2. The fraction of sp³-hybridized carbons (Fsp3) is 0.231. The van der Waals surface area contributed by atoms with Gasteiger partial charge < -0.3 is 20.1 Å². The van der Waals surface area contributed by atoms with Gasteiger partial charge in [-0.05, 0) is 37.1 Å². The molecular formula is C26H26N4O4. The lowest BCUT2D eigenvalue weighted by Gasteiger charge is -2.09. The summed E-state index contributed by atoms with van der Waals surface area (Å²) in [5.74, 6) is 0.876. The molecule has 34 heavy (non-hydrogen) atoms. The molecular weight excluding hydrogens is 432 g/mol. The first-order valence-corrected chi connectivity index (χ1v) is 11.3. The van der Waals surface area contributed by atoms with Crippen LogP contribution in [0.3, 0.4) is 0 Å². The smallest absolute Gasteiger partial charge is 0.408 e. The van der Waals surface area contributed by atoms with Crippen molar-refractivity contribution in [2.24, 2.45) is 0 Å². The maximum absolute atomic E-state index is 12.1. The van der Waals surface area contributed by atoms with Crippen molar-refractivity contribution in [2.45, 2.75) is 25.7 Å². The van der Waals surface area contributed by atoms with Crippen LogP contribution in [0.1, 0.15) is 25.7 Å². The lowest BCUT2D eigenvalue weighted by molar-refractivity contribution is 0.199. The van der Waals surface area contributed by atoms with Crippen molar-refractivity contribution >= 4 is 34.0 Å². The normalized spacial score (nSPS) is 10.7. The van der Waals surface area contributed by atoms with Gasteiger partial charge in [-0.2, -0.15) is 0 Å². The predicted molar refractivity (Wildman–Crippen MR) is 130 cm³/mol. The van der Waals surface area contributed by atoms with E-state index >= 15 is 0 Å². The first-order chi connectivity index (χ1) is 16.7. The molecule has 2 heterocycles. The number of nitrogens with one attached hydrogen (secondary N) is 2. The molecule has 0 atom stereocenters. The molecule has 2 amide bonds. The van der Waals surface area contributed by atoms with Crippen LogP contribution in [0.15, 0.2) is 73.1 Å². The van der Waals surface area contributed by atoms with Crippen molar-refractivity contribution < 1.29 is 19.1 Å². The second-order valence-electron chi connectivity index (χ2n) is 7.71. The number of aromatic nitrogens is 2. The molecule has 8 heteroatoms. The molecule has 0 radical (unpaired) electrons. The Hall–Kier alpha value is -4.20. The predicted octanol–water partition coefficient (Wildman–Crippen LogP) is 5.22. The van der Waals surface area contributed by atoms with E-state index in [1.165, 1.54) is 0 Å². The number of hydrogen-bond acceptors (Lipinski definition) is 6. The van der Waals surface area contributed by atoms with Gasteiger partial charge in [-0.3, -0.25) is 9.97 Å². The first-order valence-electron chi connectivity index (χ1n) is 11.3. The molecule has 0 spiro atoms. The number of nitrogens with zero attached hydrogens (tertiary/aromatic N) is 2. The molecule has 174 valence electrons. The lowest BCUT2D eigenvalue weighted by atomic mass is 10.2. The highest BCUT2D eigenvalue weighted by atomic mass is 16.6. The summed E-state index contributed by atoms with van der Waals surface area (Å²) in [7, 11) is 0. The summed E-state index contributed by atoms with van der Waals surface area (Å²) in [6, 6.07) is 18.5. The third kappa shape index (κ3) is 6.19. The molecule has 0 aliphatic carbocycles. The van der Waals surface area contributed by atoms with Gasteiger partial charge in [-0.1, -0.05) is 49.2 Å². The van der Waals surface area contributed by atoms with Crippen molar-refractivity contribution in [3.63, 3.8) is 0 Å². The molecule has 2 aromatic carbocycles. The quantitative estimate of drug-likeness (QED) is 0.333. The van der Waals surface area contributed by atoms with Crippen molar-refractivity contribution in [1.82, 2.24) is 20.6 Å². The number of unbranched alkanes of at least 4 members (excludes halogenated alkanes) is 3. The Balaban J connectivity index is 1.08. The zero-order valence-electron chi connectivity index (χ0n) is 18.7. The van der Waals surface area contributed by atoms with Crippen molar-refractivity contribution in [3.8, 4) is 11.5 Å². The summed E-state index contributed by atoms with van der Waals surface area (Å²) in [5.41, 5.74) is 1.31. The zero-order valence-corrected chi connectivity index (χ0v) is 18.7. The molecule has 4 aromatic rings. The van der Waals surface area contributed by atoms with E-state index in [2.05, 4.69) is 20.6 Å². The number of amides is 2. The average molecular weight is 459 g/mol. The minimum absolute atomic E-state index is 0.438. The molecule has 0 aliphatic rings. The van der Waals surface area contributed by atoms with Gasteiger partial charge in [0.2, 0.25) is 0 Å². The maximum Gasteiger partial charge on any atom is 0.412 e. The van der Waals surface area contributed by atoms with Gasteiger partial charge >= 0.3 is 12.2 Å². The van der Waals surface area contributed by atoms with Gasteiger partial charge in [-0.15, -0.1) is 0 Å². The Morgan fingerprint density at radius 1 is 0.618 bits per heavy atom. The third-order valence-electron chi connectivity index (χ3n) is 5.24. The van der Waals surface area contributed by atoms with E-state index in [1.807, 2.05) is 48.5 Å². The molecule has 2 aromatic heterocycles.